The zero-order valence-electron chi connectivity index (χ0n) is 9.58. The molecule has 2 aliphatic heterocycles. The normalized spacial score (nSPS) is 32.9. The molecule has 0 spiro atoms. The summed E-state index contributed by atoms with van der Waals surface area (Å²) in [6.45, 7) is 11.1. The van der Waals surface area contributed by atoms with Crippen molar-refractivity contribution in [2.24, 2.45) is 0 Å². The Morgan fingerprint density at radius 1 is 1.47 bits per heavy atom. The molecule has 2 saturated heterocycles. The molecule has 2 nitrogen and oxygen atoms in total. The first-order valence-electron chi connectivity index (χ1n) is 6.02. The van der Waals surface area contributed by atoms with Gasteiger partial charge >= 0.3 is 0 Å². The molecule has 86 valence electrons. The van der Waals surface area contributed by atoms with Crippen LogP contribution >= 0.6 is 15.9 Å². The minimum atomic E-state index is 0.730. The number of piperazine rings is 1. The summed E-state index contributed by atoms with van der Waals surface area (Å²) >= 11 is 3.49. The third kappa shape index (κ3) is 2.63. The van der Waals surface area contributed by atoms with Gasteiger partial charge in [0.25, 0.3) is 0 Å². The topological polar surface area (TPSA) is 6.48 Å². The third-order valence-corrected chi connectivity index (χ3v) is 4.00. The summed E-state index contributed by atoms with van der Waals surface area (Å²) < 4.78 is 1.12. The van der Waals surface area contributed by atoms with Gasteiger partial charge < -0.3 is 0 Å². The zero-order chi connectivity index (χ0) is 10.8. The van der Waals surface area contributed by atoms with Crippen LogP contribution in [0.3, 0.4) is 0 Å². The number of hydrogen-bond acceptors (Lipinski definition) is 2. The fourth-order valence-electron chi connectivity index (χ4n) is 2.95. The molecule has 0 amide bonds. The Bertz CT molecular complexity index is 242. The first kappa shape index (κ1) is 11.6. The van der Waals surface area contributed by atoms with Gasteiger partial charge in [0, 0.05) is 36.2 Å². The first-order valence-corrected chi connectivity index (χ1v) is 6.81. The largest absolute Gasteiger partial charge is 0.298 e. The Morgan fingerprint density at radius 3 is 2.93 bits per heavy atom. The van der Waals surface area contributed by atoms with Crippen molar-refractivity contribution in [1.29, 1.82) is 0 Å². The highest BCUT2D eigenvalue weighted by Crippen LogP contribution is 2.26. The maximum atomic E-state index is 3.96. The first-order chi connectivity index (χ1) is 7.20. The fraction of sp³-hybridized carbons (Fsp3) is 0.833. The number of hydrogen-bond donors (Lipinski definition) is 0. The van der Waals surface area contributed by atoms with Gasteiger partial charge in [-0.15, -0.1) is 0 Å². The summed E-state index contributed by atoms with van der Waals surface area (Å²) in [4.78, 5) is 5.28. The molecule has 15 heavy (non-hydrogen) atoms. The van der Waals surface area contributed by atoms with Gasteiger partial charge in [0.15, 0.2) is 0 Å². The van der Waals surface area contributed by atoms with Crippen LogP contribution in [-0.4, -0.2) is 48.1 Å². The van der Waals surface area contributed by atoms with Crippen LogP contribution in [0.25, 0.3) is 0 Å². The lowest BCUT2D eigenvalue weighted by Gasteiger charge is -2.43. The molecule has 2 rings (SSSR count). The highest BCUT2D eigenvalue weighted by atomic mass is 79.9. The van der Waals surface area contributed by atoms with E-state index in [9.17, 15) is 0 Å². The van der Waals surface area contributed by atoms with Crippen molar-refractivity contribution >= 4 is 15.9 Å². The van der Waals surface area contributed by atoms with Crippen molar-refractivity contribution in [2.75, 3.05) is 26.2 Å². The van der Waals surface area contributed by atoms with Crippen LogP contribution in [0.15, 0.2) is 11.1 Å². The molecule has 3 heteroatoms. The van der Waals surface area contributed by atoms with Crippen LogP contribution in [0.2, 0.25) is 0 Å². The van der Waals surface area contributed by atoms with Gasteiger partial charge in [-0.2, -0.15) is 0 Å². The molecule has 2 unspecified atom stereocenters. The number of rotatable bonds is 3. The van der Waals surface area contributed by atoms with Gasteiger partial charge in [-0.3, -0.25) is 9.80 Å². The monoisotopic (exact) mass is 272 g/mol. The molecule has 0 saturated carbocycles. The van der Waals surface area contributed by atoms with Crippen LogP contribution in [0, 0.1) is 0 Å². The molecule has 0 aromatic carbocycles. The van der Waals surface area contributed by atoms with E-state index in [1.54, 1.807) is 0 Å². The smallest absolute Gasteiger partial charge is 0.0298 e. The van der Waals surface area contributed by atoms with Gasteiger partial charge in [-0.1, -0.05) is 29.4 Å². The fourth-order valence-corrected chi connectivity index (χ4v) is 3.27. The second-order valence-electron chi connectivity index (χ2n) is 4.80. The van der Waals surface area contributed by atoms with Crippen molar-refractivity contribution < 1.29 is 0 Å². The number of halogens is 1. The highest BCUT2D eigenvalue weighted by Gasteiger charge is 2.35. The van der Waals surface area contributed by atoms with E-state index in [2.05, 4.69) is 39.2 Å². The lowest BCUT2D eigenvalue weighted by molar-refractivity contribution is 0.0575. The van der Waals surface area contributed by atoms with Gasteiger partial charge in [-0.25, -0.2) is 0 Å². The predicted octanol–water partition coefficient (Wildman–Crippen LogP) is 2.45. The Morgan fingerprint density at radius 2 is 2.27 bits per heavy atom. The lowest BCUT2D eigenvalue weighted by atomic mass is 10.1. The third-order valence-electron chi connectivity index (χ3n) is 3.75. The van der Waals surface area contributed by atoms with Crippen molar-refractivity contribution in [3.8, 4) is 0 Å². The molecule has 0 N–H and O–H groups in total. The van der Waals surface area contributed by atoms with E-state index in [-0.39, 0.29) is 0 Å². The maximum absolute atomic E-state index is 3.96. The standard InChI is InChI=1S/C12H21BrN2/c1-3-11-8-14-6-4-5-12(14)9-15(11)7-10(2)13/h11-12H,2-9H2,1H3. The molecule has 0 aromatic rings. The number of fused-ring (bicyclic) bond motifs is 1. The van der Waals surface area contributed by atoms with Crippen LogP contribution in [0.5, 0.6) is 0 Å². The maximum Gasteiger partial charge on any atom is 0.0298 e. The van der Waals surface area contributed by atoms with Crippen molar-refractivity contribution in [3.63, 3.8) is 0 Å². The Kier molecular flexibility index (Phi) is 3.86. The van der Waals surface area contributed by atoms with Gasteiger partial charge in [0.05, 0.1) is 0 Å². The molecular weight excluding hydrogens is 252 g/mol. The molecule has 0 aliphatic carbocycles. The molecular formula is C12H21BrN2. The van der Waals surface area contributed by atoms with Crippen molar-refractivity contribution in [1.82, 2.24) is 9.80 Å². The second-order valence-corrected chi connectivity index (χ2v) is 5.92. The molecule has 0 bridgehead atoms. The molecule has 0 radical (unpaired) electrons. The minimum absolute atomic E-state index is 0.730. The van der Waals surface area contributed by atoms with Gasteiger partial charge in [0.1, 0.15) is 0 Å². The Hall–Kier alpha value is 0.140. The van der Waals surface area contributed by atoms with E-state index >= 15 is 0 Å². The van der Waals surface area contributed by atoms with Gasteiger partial charge in [-0.05, 0) is 25.8 Å². The summed E-state index contributed by atoms with van der Waals surface area (Å²) in [7, 11) is 0. The van der Waals surface area contributed by atoms with E-state index in [1.807, 2.05) is 0 Å². The Balaban J connectivity index is 1.99. The second kappa shape index (κ2) is 4.98. The minimum Gasteiger partial charge on any atom is -0.298 e. The summed E-state index contributed by atoms with van der Waals surface area (Å²) in [6, 6.07) is 1.55. The molecule has 2 heterocycles. The average Bonchev–Trinajstić information content (AvgIpc) is 2.62. The zero-order valence-corrected chi connectivity index (χ0v) is 11.2. The van der Waals surface area contributed by atoms with Gasteiger partial charge in [0.2, 0.25) is 0 Å². The molecule has 2 fully saturated rings. The predicted molar refractivity (Wildman–Crippen MR) is 68.3 cm³/mol. The molecule has 2 atom stereocenters. The molecule has 2 aliphatic rings. The highest BCUT2D eigenvalue weighted by molar-refractivity contribution is 9.11. The lowest BCUT2D eigenvalue weighted by Crippen LogP contribution is -2.55. The average molecular weight is 273 g/mol. The SMILES string of the molecule is C=C(Br)CN1CC2CCCN2CC1CC. The van der Waals surface area contributed by atoms with Crippen LogP contribution in [0.4, 0.5) is 0 Å². The van der Waals surface area contributed by atoms with Crippen molar-refractivity contribution in [3.05, 3.63) is 11.1 Å². The van der Waals surface area contributed by atoms with Crippen LogP contribution in [-0.2, 0) is 0 Å². The summed E-state index contributed by atoms with van der Waals surface area (Å²) in [5.74, 6) is 0. The Labute approximate surface area is 101 Å². The quantitative estimate of drug-likeness (QED) is 0.779. The van der Waals surface area contributed by atoms with E-state index in [0.717, 1.165) is 23.1 Å². The van der Waals surface area contributed by atoms with E-state index < -0.39 is 0 Å². The van der Waals surface area contributed by atoms with Crippen LogP contribution in [0.1, 0.15) is 26.2 Å². The summed E-state index contributed by atoms with van der Waals surface area (Å²) in [5, 5.41) is 0. The molecule has 0 aromatic heterocycles. The van der Waals surface area contributed by atoms with E-state index in [4.69, 9.17) is 0 Å². The summed E-state index contributed by atoms with van der Waals surface area (Å²) in [5.41, 5.74) is 0. The van der Waals surface area contributed by atoms with E-state index in [1.165, 1.54) is 38.9 Å². The van der Waals surface area contributed by atoms with Crippen LogP contribution < -0.4 is 0 Å². The number of nitrogens with zero attached hydrogens (tertiary/aromatic N) is 2. The van der Waals surface area contributed by atoms with Crippen molar-refractivity contribution in [2.45, 2.75) is 38.3 Å². The summed E-state index contributed by atoms with van der Waals surface area (Å²) in [6.07, 6.45) is 4.04. The van der Waals surface area contributed by atoms with E-state index in [0.29, 0.717) is 0 Å².